The Hall–Kier alpha value is -3.48. The molecule has 1 N–H and O–H groups in total. The molecule has 0 aliphatic rings. The molecule has 5 nitrogen and oxygen atoms in total. The topological polar surface area (TPSA) is 74.6 Å². The first kappa shape index (κ1) is 19.3. The van der Waals surface area contributed by atoms with Gasteiger partial charge in [0.1, 0.15) is 35.8 Å². The van der Waals surface area contributed by atoms with Crippen LogP contribution in [-0.4, -0.2) is 15.4 Å². The summed E-state index contributed by atoms with van der Waals surface area (Å²) < 4.78 is 71.5. The van der Waals surface area contributed by atoms with Gasteiger partial charge in [-0.1, -0.05) is 5.21 Å². The molecule has 1 heterocycles. The number of nitriles is 1. The normalized spacial score (nSPS) is 11.3. The molecule has 3 aromatic rings. The molecule has 1 aromatic heterocycles. The summed E-state index contributed by atoms with van der Waals surface area (Å²) in [5.74, 6) is -1.60. The number of benzene rings is 2. The van der Waals surface area contributed by atoms with Gasteiger partial charge in [0.25, 0.3) is 0 Å². The number of ether oxygens (including phenoxy) is 1. The zero-order valence-corrected chi connectivity index (χ0v) is 14.2. The quantitative estimate of drug-likeness (QED) is 0.660. The summed E-state index contributed by atoms with van der Waals surface area (Å²) in [6.45, 7) is 1.10. The number of nitrogens with one attached hydrogen (secondary N) is 1. The molecule has 0 radical (unpaired) electrons. The van der Waals surface area contributed by atoms with Crippen molar-refractivity contribution in [3.63, 3.8) is 0 Å². The van der Waals surface area contributed by atoms with Crippen molar-refractivity contribution in [1.82, 2.24) is 15.4 Å². The number of aromatic nitrogens is 3. The second-order valence-electron chi connectivity index (χ2n) is 5.88. The highest BCUT2D eigenvalue weighted by atomic mass is 19.4. The van der Waals surface area contributed by atoms with Gasteiger partial charge in [0.15, 0.2) is 5.69 Å². The van der Waals surface area contributed by atoms with Gasteiger partial charge in [0, 0.05) is 0 Å². The lowest BCUT2D eigenvalue weighted by molar-refractivity contribution is -0.137. The molecule has 144 valence electrons. The van der Waals surface area contributed by atoms with Gasteiger partial charge in [0.05, 0.1) is 11.1 Å². The van der Waals surface area contributed by atoms with Crippen LogP contribution < -0.4 is 4.74 Å². The van der Waals surface area contributed by atoms with Crippen molar-refractivity contribution in [3.05, 3.63) is 64.4 Å². The lowest BCUT2D eigenvalue weighted by Crippen LogP contribution is -2.08. The zero-order valence-electron chi connectivity index (χ0n) is 14.2. The Bertz CT molecular complexity index is 1070. The van der Waals surface area contributed by atoms with Crippen molar-refractivity contribution in [3.8, 4) is 23.1 Å². The number of hydrogen-bond donors (Lipinski definition) is 1. The lowest BCUT2D eigenvalue weighted by atomic mass is 10.0. The van der Waals surface area contributed by atoms with Gasteiger partial charge in [-0.25, -0.2) is 13.9 Å². The summed E-state index contributed by atoms with van der Waals surface area (Å²) in [6, 6.07) is 6.08. The first-order chi connectivity index (χ1) is 13.2. The average Bonchev–Trinajstić information content (AvgIpc) is 3.07. The SMILES string of the molecule is Cc1cc(F)cc(-c2nn[nH]c2C#N)c1OCc1cc(F)cc(C(F)(F)F)c1. The zero-order chi connectivity index (χ0) is 20.5. The number of halogens is 5. The summed E-state index contributed by atoms with van der Waals surface area (Å²) in [5, 5.41) is 18.7. The Morgan fingerprint density at radius 2 is 1.82 bits per heavy atom. The van der Waals surface area contributed by atoms with Crippen LogP contribution >= 0.6 is 0 Å². The maximum absolute atomic E-state index is 13.9. The van der Waals surface area contributed by atoms with Gasteiger partial charge >= 0.3 is 6.18 Å². The highest BCUT2D eigenvalue weighted by Crippen LogP contribution is 2.35. The highest BCUT2D eigenvalue weighted by Gasteiger charge is 2.31. The van der Waals surface area contributed by atoms with Crippen LogP contribution in [0, 0.1) is 29.9 Å². The van der Waals surface area contributed by atoms with Gasteiger partial charge in [-0.15, -0.1) is 5.10 Å². The minimum Gasteiger partial charge on any atom is -0.488 e. The third kappa shape index (κ3) is 3.93. The fourth-order valence-electron chi connectivity index (χ4n) is 2.64. The van der Waals surface area contributed by atoms with E-state index in [9.17, 15) is 22.0 Å². The first-order valence-electron chi connectivity index (χ1n) is 7.80. The van der Waals surface area contributed by atoms with Gasteiger partial charge in [0.2, 0.25) is 0 Å². The second kappa shape index (κ2) is 7.26. The Kier molecular flexibility index (Phi) is 5.00. The van der Waals surface area contributed by atoms with Crippen molar-refractivity contribution < 1.29 is 26.7 Å². The molecule has 0 aliphatic carbocycles. The van der Waals surface area contributed by atoms with Crippen LogP contribution in [0.25, 0.3) is 11.3 Å². The Morgan fingerprint density at radius 1 is 1.11 bits per heavy atom. The van der Waals surface area contributed by atoms with E-state index in [0.29, 0.717) is 11.6 Å². The van der Waals surface area contributed by atoms with Crippen LogP contribution in [-0.2, 0) is 12.8 Å². The van der Waals surface area contributed by atoms with Crippen molar-refractivity contribution in [2.45, 2.75) is 19.7 Å². The fraction of sp³-hybridized carbons (Fsp3) is 0.167. The molecule has 0 unspecified atom stereocenters. The van der Waals surface area contributed by atoms with Crippen molar-refractivity contribution in [2.75, 3.05) is 0 Å². The molecule has 0 spiro atoms. The highest BCUT2D eigenvalue weighted by molar-refractivity contribution is 5.72. The largest absolute Gasteiger partial charge is 0.488 e. The summed E-state index contributed by atoms with van der Waals surface area (Å²) in [5.41, 5.74) is -0.826. The molecule has 0 amide bonds. The number of aryl methyl sites for hydroxylation is 1. The lowest BCUT2D eigenvalue weighted by Gasteiger charge is -2.15. The fourth-order valence-corrected chi connectivity index (χ4v) is 2.64. The van der Waals surface area contributed by atoms with E-state index in [-0.39, 0.29) is 28.3 Å². The van der Waals surface area contributed by atoms with E-state index in [2.05, 4.69) is 15.4 Å². The molecule has 2 aromatic carbocycles. The number of hydrogen-bond acceptors (Lipinski definition) is 4. The molecular formula is C18H11F5N4O. The van der Waals surface area contributed by atoms with Crippen molar-refractivity contribution in [1.29, 1.82) is 5.26 Å². The van der Waals surface area contributed by atoms with E-state index in [1.165, 1.54) is 6.92 Å². The van der Waals surface area contributed by atoms with E-state index in [0.717, 1.165) is 24.3 Å². The average molecular weight is 394 g/mol. The van der Waals surface area contributed by atoms with Crippen LogP contribution in [0.4, 0.5) is 22.0 Å². The van der Waals surface area contributed by atoms with Crippen LogP contribution in [0.15, 0.2) is 30.3 Å². The van der Waals surface area contributed by atoms with Gasteiger partial charge in [-0.2, -0.15) is 18.4 Å². The summed E-state index contributed by atoms with van der Waals surface area (Å²) in [4.78, 5) is 0. The standard InChI is InChI=1S/C18H11F5N4O/c1-9-2-12(19)6-14(16-15(7-24)25-27-26-16)17(9)28-8-10-3-11(18(21,22)23)5-13(20)4-10/h2-6H,8H2,1H3,(H,25,26,27). The predicted octanol–water partition coefficient (Wildman–Crippen LogP) is 4.53. The third-order valence-electron chi connectivity index (χ3n) is 3.82. The monoisotopic (exact) mass is 394 g/mol. The molecule has 0 atom stereocenters. The molecule has 3 rings (SSSR count). The summed E-state index contributed by atoms with van der Waals surface area (Å²) >= 11 is 0. The molecular weight excluding hydrogens is 383 g/mol. The number of H-pyrrole nitrogens is 1. The van der Waals surface area contributed by atoms with Gasteiger partial charge < -0.3 is 4.74 Å². The Morgan fingerprint density at radius 3 is 2.50 bits per heavy atom. The van der Waals surface area contributed by atoms with Crippen LogP contribution in [0.3, 0.4) is 0 Å². The molecule has 0 bridgehead atoms. The second-order valence-corrected chi connectivity index (χ2v) is 5.88. The van der Waals surface area contributed by atoms with Crippen LogP contribution in [0.5, 0.6) is 5.75 Å². The maximum atomic E-state index is 13.9. The predicted molar refractivity (Wildman–Crippen MR) is 87.0 cm³/mol. The number of aromatic amines is 1. The van der Waals surface area contributed by atoms with E-state index in [1.54, 1.807) is 0 Å². The van der Waals surface area contributed by atoms with E-state index >= 15 is 0 Å². The number of alkyl halides is 3. The summed E-state index contributed by atoms with van der Waals surface area (Å²) in [6.07, 6.45) is -4.71. The maximum Gasteiger partial charge on any atom is 0.416 e. The molecule has 10 heteroatoms. The first-order valence-corrected chi connectivity index (χ1v) is 7.80. The van der Waals surface area contributed by atoms with E-state index in [4.69, 9.17) is 10.00 Å². The van der Waals surface area contributed by atoms with Crippen LogP contribution in [0.2, 0.25) is 0 Å². The van der Waals surface area contributed by atoms with Gasteiger partial charge in [-0.3, -0.25) is 0 Å². The Labute approximate surface area is 155 Å². The number of nitrogens with zero attached hydrogens (tertiary/aromatic N) is 3. The van der Waals surface area contributed by atoms with E-state index < -0.39 is 30.0 Å². The minimum absolute atomic E-state index is 0.0234. The Balaban J connectivity index is 1.98. The van der Waals surface area contributed by atoms with Crippen molar-refractivity contribution in [2.24, 2.45) is 0 Å². The smallest absolute Gasteiger partial charge is 0.416 e. The van der Waals surface area contributed by atoms with E-state index in [1.807, 2.05) is 6.07 Å². The molecule has 0 aliphatic heterocycles. The third-order valence-corrected chi connectivity index (χ3v) is 3.82. The molecule has 0 saturated carbocycles. The van der Waals surface area contributed by atoms with Crippen molar-refractivity contribution >= 4 is 0 Å². The van der Waals surface area contributed by atoms with Gasteiger partial charge in [-0.05, 0) is 48.4 Å². The summed E-state index contributed by atoms with van der Waals surface area (Å²) in [7, 11) is 0. The minimum atomic E-state index is -4.71. The molecule has 28 heavy (non-hydrogen) atoms. The number of rotatable bonds is 4. The molecule has 0 fully saturated rings. The van der Waals surface area contributed by atoms with Crippen LogP contribution in [0.1, 0.15) is 22.4 Å². The molecule has 0 saturated heterocycles.